The molecule has 6 heteroatoms. The number of aryl methyl sites for hydroxylation is 1. The first-order valence-electron chi connectivity index (χ1n) is 7.03. The van der Waals surface area contributed by atoms with Crippen molar-refractivity contribution in [3.8, 4) is 0 Å². The van der Waals surface area contributed by atoms with Gasteiger partial charge in [-0.15, -0.1) is 0 Å². The molecule has 0 radical (unpaired) electrons. The van der Waals surface area contributed by atoms with Crippen molar-refractivity contribution in [1.29, 1.82) is 0 Å². The van der Waals surface area contributed by atoms with Crippen molar-refractivity contribution in [2.45, 2.75) is 58.4 Å². The second kappa shape index (κ2) is 5.02. The molecule has 0 N–H and O–H groups in total. The fourth-order valence-corrected chi connectivity index (χ4v) is 2.29. The van der Waals surface area contributed by atoms with Crippen LogP contribution in [0.25, 0.3) is 0 Å². The smallest absolute Gasteiger partial charge is 0.399 e. The molecule has 1 aliphatic rings. The molecule has 1 heterocycles. The molecule has 1 aliphatic heterocycles. The summed E-state index contributed by atoms with van der Waals surface area (Å²) in [6.07, 6.45) is -4.04. The maximum absolute atomic E-state index is 13.1. The van der Waals surface area contributed by atoms with Crippen molar-refractivity contribution in [2.75, 3.05) is 0 Å². The van der Waals surface area contributed by atoms with Gasteiger partial charge < -0.3 is 9.31 Å². The number of alkyl halides is 3. The summed E-state index contributed by atoms with van der Waals surface area (Å²) in [6.45, 7) is 9.20. The first-order valence-corrected chi connectivity index (χ1v) is 7.03. The van der Waals surface area contributed by atoms with Gasteiger partial charge in [0, 0.05) is 0 Å². The van der Waals surface area contributed by atoms with E-state index in [4.69, 9.17) is 9.31 Å². The van der Waals surface area contributed by atoms with Crippen LogP contribution in [0, 0.1) is 0 Å². The van der Waals surface area contributed by atoms with Crippen LogP contribution in [0.1, 0.15) is 45.7 Å². The molecule has 1 aromatic rings. The molecule has 2 rings (SSSR count). The van der Waals surface area contributed by atoms with Crippen LogP contribution in [0.2, 0.25) is 0 Å². The van der Waals surface area contributed by atoms with Crippen molar-refractivity contribution < 1.29 is 22.5 Å². The highest BCUT2D eigenvalue weighted by Crippen LogP contribution is 2.37. The molecular weight excluding hydrogens is 280 g/mol. The number of rotatable bonds is 2. The molecule has 0 amide bonds. The molecule has 0 aliphatic carbocycles. The van der Waals surface area contributed by atoms with E-state index in [1.54, 1.807) is 13.0 Å². The van der Waals surface area contributed by atoms with Gasteiger partial charge >= 0.3 is 13.3 Å². The zero-order valence-corrected chi connectivity index (χ0v) is 13.0. The van der Waals surface area contributed by atoms with Crippen molar-refractivity contribution in [3.63, 3.8) is 0 Å². The number of hydrogen-bond acceptors (Lipinski definition) is 2. The summed E-state index contributed by atoms with van der Waals surface area (Å²) in [7, 11) is -0.776. The first-order chi connectivity index (χ1) is 9.48. The molecule has 1 aromatic carbocycles. The molecule has 0 bridgehead atoms. The molecule has 1 saturated heterocycles. The Morgan fingerprint density at radius 2 is 1.57 bits per heavy atom. The van der Waals surface area contributed by atoms with Crippen LogP contribution < -0.4 is 5.46 Å². The van der Waals surface area contributed by atoms with Gasteiger partial charge in [-0.3, -0.25) is 0 Å². The summed E-state index contributed by atoms with van der Waals surface area (Å²) >= 11 is 0. The van der Waals surface area contributed by atoms with E-state index in [0.717, 1.165) is 6.07 Å². The molecule has 0 atom stereocenters. The summed E-state index contributed by atoms with van der Waals surface area (Å²) in [4.78, 5) is 0. The maximum Gasteiger partial charge on any atom is 0.494 e. The molecule has 116 valence electrons. The van der Waals surface area contributed by atoms with Crippen molar-refractivity contribution in [3.05, 3.63) is 29.3 Å². The molecule has 0 aromatic heterocycles. The summed E-state index contributed by atoms with van der Waals surface area (Å²) in [6, 6.07) is 4.29. The van der Waals surface area contributed by atoms with Gasteiger partial charge in [-0.05, 0) is 51.2 Å². The van der Waals surface area contributed by atoms with Gasteiger partial charge in [0.2, 0.25) is 0 Å². The van der Waals surface area contributed by atoms with E-state index in [2.05, 4.69) is 0 Å². The van der Waals surface area contributed by atoms with E-state index < -0.39 is 30.1 Å². The van der Waals surface area contributed by atoms with Crippen LogP contribution in [-0.4, -0.2) is 18.3 Å². The SMILES string of the molecule is CCc1ccc(B2OC(C)(C)C(C)(C)O2)cc1C(F)(F)F. The third-order valence-corrected chi connectivity index (χ3v) is 4.35. The minimum absolute atomic E-state index is 0.280. The predicted molar refractivity (Wildman–Crippen MR) is 76.5 cm³/mol. The van der Waals surface area contributed by atoms with E-state index >= 15 is 0 Å². The quantitative estimate of drug-likeness (QED) is 0.777. The third kappa shape index (κ3) is 2.97. The second-order valence-corrected chi connectivity index (χ2v) is 6.36. The van der Waals surface area contributed by atoms with Crippen LogP contribution in [0.4, 0.5) is 13.2 Å². The molecule has 1 fully saturated rings. The van der Waals surface area contributed by atoms with Crippen LogP contribution in [0.5, 0.6) is 0 Å². The van der Waals surface area contributed by atoms with E-state index in [9.17, 15) is 13.2 Å². The molecule has 0 saturated carbocycles. The number of benzene rings is 1. The van der Waals surface area contributed by atoms with E-state index in [1.807, 2.05) is 27.7 Å². The van der Waals surface area contributed by atoms with Gasteiger partial charge in [-0.2, -0.15) is 13.2 Å². The fourth-order valence-electron chi connectivity index (χ4n) is 2.29. The standard InChI is InChI=1S/C15H20BF3O2/c1-6-10-7-8-11(9-12(10)15(17,18)19)16-20-13(2,3)14(4,5)21-16/h7-9H,6H2,1-5H3. The minimum atomic E-state index is -4.37. The largest absolute Gasteiger partial charge is 0.494 e. The molecular formula is C15H20BF3O2. The van der Waals surface area contributed by atoms with Gasteiger partial charge in [0.05, 0.1) is 16.8 Å². The average molecular weight is 300 g/mol. The summed E-state index contributed by atoms with van der Waals surface area (Å²) in [5, 5.41) is 0. The van der Waals surface area contributed by atoms with Crippen molar-refractivity contribution in [1.82, 2.24) is 0 Å². The Balaban J connectivity index is 2.39. The highest BCUT2D eigenvalue weighted by atomic mass is 19.4. The Bertz CT molecular complexity index is 522. The Morgan fingerprint density at radius 3 is 2.00 bits per heavy atom. The average Bonchev–Trinajstić information content (AvgIpc) is 2.56. The van der Waals surface area contributed by atoms with Gasteiger partial charge in [-0.1, -0.05) is 19.1 Å². The molecule has 21 heavy (non-hydrogen) atoms. The van der Waals surface area contributed by atoms with Crippen LogP contribution in [-0.2, 0) is 21.9 Å². The predicted octanol–water partition coefficient (Wildman–Crippen LogP) is 3.57. The lowest BCUT2D eigenvalue weighted by Crippen LogP contribution is -2.41. The lowest BCUT2D eigenvalue weighted by molar-refractivity contribution is -0.138. The Kier molecular flexibility index (Phi) is 3.91. The Hall–Kier alpha value is -1.01. The van der Waals surface area contributed by atoms with Crippen LogP contribution >= 0.6 is 0 Å². The highest BCUT2D eigenvalue weighted by molar-refractivity contribution is 6.62. The summed E-state index contributed by atoms with van der Waals surface area (Å²) in [5.74, 6) is 0. The molecule has 0 spiro atoms. The molecule has 0 unspecified atom stereocenters. The van der Waals surface area contributed by atoms with Crippen LogP contribution in [0.3, 0.4) is 0 Å². The fraction of sp³-hybridized carbons (Fsp3) is 0.600. The summed E-state index contributed by atoms with van der Waals surface area (Å²) < 4.78 is 51.0. The maximum atomic E-state index is 13.1. The second-order valence-electron chi connectivity index (χ2n) is 6.36. The highest BCUT2D eigenvalue weighted by Gasteiger charge is 2.52. The van der Waals surface area contributed by atoms with Crippen molar-refractivity contribution in [2.24, 2.45) is 0 Å². The van der Waals surface area contributed by atoms with E-state index in [-0.39, 0.29) is 5.56 Å². The van der Waals surface area contributed by atoms with E-state index in [0.29, 0.717) is 11.9 Å². The first kappa shape index (κ1) is 16.4. The number of hydrogen-bond donors (Lipinski definition) is 0. The molecule has 2 nitrogen and oxygen atoms in total. The van der Waals surface area contributed by atoms with Gasteiger partial charge in [-0.25, -0.2) is 0 Å². The summed E-state index contributed by atoms with van der Waals surface area (Å²) in [5.41, 5.74) is -1.07. The minimum Gasteiger partial charge on any atom is -0.399 e. The van der Waals surface area contributed by atoms with E-state index in [1.165, 1.54) is 6.07 Å². The monoisotopic (exact) mass is 300 g/mol. The lowest BCUT2D eigenvalue weighted by atomic mass is 9.77. The van der Waals surface area contributed by atoms with Gasteiger partial charge in [0.15, 0.2) is 0 Å². The normalized spacial score (nSPS) is 20.9. The van der Waals surface area contributed by atoms with Crippen LogP contribution in [0.15, 0.2) is 18.2 Å². The Labute approximate surface area is 123 Å². The lowest BCUT2D eigenvalue weighted by Gasteiger charge is -2.32. The number of halogens is 3. The topological polar surface area (TPSA) is 18.5 Å². The van der Waals surface area contributed by atoms with Gasteiger partial charge in [0.1, 0.15) is 0 Å². The van der Waals surface area contributed by atoms with Crippen molar-refractivity contribution >= 4 is 12.6 Å². The van der Waals surface area contributed by atoms with Gasteiger partial charge in [0.25, 0.3) is 0 Å². The Morgan fingerprint density at radius 1 is 1.05 bits per heavy atom. The third-order valence-electron chi connectivity index (χ3n) is 4.35. The zero-order chi connectivity index (χ0) is 16.1. The zero-order valence-electron chi connectivity index (χ0n) is 13.0.